The van der Waals surface area contributed by atoms with Gasteiger partial charge in [0.15, 0.2) is 5.82 Å². The first-order valence-electron chi connectivity index (χ1n) is 7.77. The molecule has 1 aliphatic rings. The van der Waals surface area contributed by atoms with Gasteiger partial charge in [-0.1, -0.05) is 12.1 Å². The predicted octanol–water partition coefficient (Wildman–Crippen LogP) is 0.368. The van der Waals surface area contributed by atoms with Gasteiger partial charge in [0.05, 0.1) is 11.0 Å². The smallest absolute Gasteiger partial charge is 0.294 e. The van der Waals surface area contributed by atoms with Crippen LogP contribution in [0.1, 0.15) is 0 Å². The maximum absolute atomic E-state index is 12.9. The van der Waals surface area contributed by atoms with Crippen LogP contribution in [0.2, 0.25) is 0 Å². The molecule has 1 saturated heterocycles. The standard InChI is InChI=1S/C16H23N5O/c1-19(2)11-12-21-14-6-4-3-5-13(14)18-15(16(21)22)20-9-7-17-8-10-20/h3-6,17H,7-12H2,1-2H3. The van der Waals surface area contributed by atoms with Crippen LogP contribution in [0, 0.1) is 0 Å². The molecule has 0 aliphatic carbocycles. The summed E-state index contributed by atoms with van der Waals surface area (Å²) in [4.78, 5) is 21.7. The average Bonchev–Trinajstić information content (AvgIpc) is 2.54. The fourth-order valence-electron chi connectivity index (χ4n) is 2.78. The van der Waals surface area contributed by atoms with Crippen molar-refractivity contribution < 1.29 is 0 Å². The Morgan fingerprint density at radius 1 is 1.23 bits per heavy atom. The molecule has 2 heterocycles. The third-order valence-corrected chi connectivity index (χ3v) is 4.02. The van der Waals surface area contributed by atoms with Gasteiger partial charge < -0.3 is 19.7 Å². The monoisotopic (exact) mass is 301 g/mol. The lowest BCUT2D eigenvalue weighted by Crippen LogP contribution is -2.46. The van der Waals surface area contributed by atoms with Gasteiger partial charge in [0, 0.05) is 39.3 Å². The summed E-state index contributed by atoms with van der Waals surface area (Å²) in [5.74, 6) is 0.582. The Balaban J connectivity index is 2.08. The first kappa shape index (κ1) is 15.0. The van der Waals surface area contributed by atoms with E-state index in [1.807, 2.05) is 42.9 Å². The maximum Gasteiger partial charge on any atom is 0.294 e. The molecule has 1 N–H and O–H groups in total. The molecule has 6 heteroatoms. The summed E-state index contributed by atoms with van der Waals surface area (Å²) in [5.41, 5.74) is 1.81. The summed E-state index contributed by atoms with van der Waals surface area (Å²) >= 11 is 0. The Morgan fingerprint density at radius 2 is 1.95 bits per heavy atom. The number of anilines is 1. The molecule has 2 aromatic rings. The van der Waals surface area contributed by atoms with Crippen molar-refractivity contribution in [2.45, 2.75) is 6.54 Å². The fourth-order valence-corrected chi connectivity index (χ4v) is 2.78. The van der Waals surface area contributed by atoms with E-state index in [2.05, 4.69) is 20.1 Å². The van der Waals surface area contributed by atoms with E-state index in [1.54, 1.807) is 0 Å². The molecule has 1 aliphatic heterocycles. The van der Waals surface area contributed by atoms with Gasteiger partial charge in [0.2, 0.25) is 0 Å². The number of hydrogen-bond donors (Lipinski definition) is 1. The molecule has 22 heavy (non-hydrogen) atoms. The van der Waals surface area contributed by atoms with Crippen LogP contribution in [0.3, 0.4) is 0 Å². The van der Waals surface area contributed by atoms with Gasteiger partial charge in [-0.25, -0.2) is 4.98 Å². The van der Waals surface area contributed by atoms with E-state index < -0.39 is 0 Å². The Labute approximate surface area is 130 Å². The normalized spacial score (nSPS) is 15.7. The van der Waals surface area contributed by atoms with Crippen LogP contribution in [0.5, 0.6) is 0 Å². The molecule has 3 rings (SSSR count). The summed E-state index contributed by atoms with van der Waals surface area (Å²) in [7, 11) is 4.04. The van der Waals surface area contributed by atoms with Gasteiger partial charge in [-0.15, -0.1) is 0 Å². The first-order chi connectivity index (χ1) is 10.7. The third kappa shape index (κ3) is 2.98. The number of rotatable bonds is 4. The minimum atomic E-state index is 0.0162. The molecule has 1 fully saturated rings. The van der Waals surface area contributed by atoms with Crippen LogP contribution in [0.4, 0.5) is 5.82 Å². The van der Waals surface area contributed by atoms with Crippen LogP contribution < -0.4 is 15.8 Å². The molecule has 1 aromatic carbocycles. The Kier molecular flexibility index (Phi) is 4.40. The highest BCUT2D eigenvalue weighted by Gasteiger charge is 2.18. The zero-order chi connectivity index (χ0) is 15.5. The van der Waals surface area contributed by atoms with Crippen molar-refractivity contribution in [3.8, 4) is 0 Å². The number of fused-ring (bicyclic) bond motifs is 1. The van der Waals surface area contributed by atoms with Crippen LogP contribution in [-0.4, -0.2) is 61.3 Å². The molecular formula is C16H23N5O. The van der Waals surface area contributed by atoms with Gasteiger partial charge in [-0.2, -0.15) is 0 Å². The second kappa shape index (κ2) is 6.46. The number of nitrogens with one attached hydrogen (secondary N) is 1. The van der Waals surface area contributed by atoms with Gasteiger partial charge in [-0.3, -0.25) is 4.79 Å². The van der Waals surface area contributed by atoms with Crippen molar-refractivity contribution in [1.29, 1.82) is 0 Å². The molecule has 6 nitrogen and oxygen atoms in total. The molecule has 1 aromatic heterocycles. The molecule has 0 spiro atoms. The largest absolute Gasteiger partial charge is 0.349 e. The Bertz CT molecular complexity index is 703. The van der Waals surface area contributed by atoms with Crippen molar-refractivity contribution in [2.24, 2.45) is 0 Å². The van der Waals surface area contributed by atoms with Crippen LogP contribution in [0.15, 0.2) is 29.1 Å². The second-order valence-electron chi connectivity index (χ2n) is 5.92. The maximum atomic E-state index is 12.9. The van der Waals surface area contributed by atoms with Gasteiger partial charge in [-0.05, 0) is 26.2 Å². The van der Waals surface area contributed by atoms with Crippen molar-refractivity contribution >= 4 is 16.9 Å². The minimum absolute atomic E-state index is 0.0162. The topological polar surface area (TPSA) is 53.4 Å². The molecule has 0 bridgehead atoms. The number of benzene rings is 1. The average molecular weight is 301 g/mol. The summed E-state index contributed by atoms with van der Waals surface area (Å²) in [5, 5.41) is 3.31. The quantitative estimate of drug-likeness (QED) is 0.884. The number of likely N-dealkylation sites (N-methyl/N-ethyl adjacent to an activating group) is 1. The highest BCUT2D eigenvalue weighted by Crippen LogP contribution is 2.14. The Morgan fingerprint density at radius 3 is 2.68 bits per heavy atom. The van der Waals surface area contributed by atoms with Gasteiger partial charge in [0.25, 0.3) is 5.56 Å². The van der Waals surface area contributed by atoms with Crippen LogP contribution >= 0.6 is 0 Å². The molecule has 0 amide bonds. The number of para-hydroxylation sites is 2. The Hall–Kier alpha value is -1.92. The SMILES string of the molecule is CN(C)CCn1c(=O)c(N2CCNCC2)nc2ccccc21. The van der Waals surface area contributed by atoms with E-state index in [9.17, 15) is 4.79 Å². The van der Waals surface area contributed by atoms with E-state index in [0.717, 1.165) is 43.8 Å². The summed E-state index contributed by atoms with van der Waals surface area (Å²) in [6.45, 7) is 4.95. The highest BCUT2D eigenvalue weighted by molar-refractivity contribution is 5.76. The van der Waals surface area contributed by atoms with Crippen molar-refractivity contribution in [2.75, 3.05) is 51.7 Å². The minimum Gasteiger partial charge on any atom is -0.349 e. The van der Waals surface area contributed by atoms with Gasteiger partial charge in [0.1, 0.15) is 0 Å². The zero-order valence-corrected chi connectivity index (χ0v) is 13.2. The summed E-state index contributed by atoms with van der Waals surface area (Å²) in [6, 6.07) is 7.88. The summed E-state index contributed by atoms with van der Waals surface area (Å²) in [6.07, 6.45) is 0. The van der Waals surface area contributed by atoms with E-state index in [-0.39, 0.29) is 5.56 Å². The lowest BCUT2D eigenvalue weighted by molar-refractivity contribution is 0.384. The molecule has 0 saturated carbocycles. The molecule has 118 valence electrons. The van der Waals surface area contributed by atoms with E-state index in [0.29, 0.717) is 12.4 Å². The molecule has 0 radical (unpaired) electrons. The lowest BCUT2D eigenvalue weighted by Gasteiger charge is -2.28. The van der Waals surface area contributed by atoms with Crippen molar-refractivity contribution in [3.63, 3.8) is 0 Å². The predicted molar refractivity (Wildman–Crippen MR) is 89.6 cm³/mol. The second-order valence-corrected chi connectivity index (χ2v) is 5.92. The molecule has 0 unspecified atom stereocenters. The fraction of sp³-hybridized carbons (Fsp3) is 0.500. The molecular weight excluding hydrogens is 278 g/mol. The van der Waals surface area contributed by atoms with Gasteiger partial charge >= 0.3 is 0 Å². The number of nitrogens with zero attached hydrogens (tertiary/aromatic N) is 4. The van der Waals surface area contributed by atoms with E-state index in [4.69, 9.17) is 0 Å². The molecule has 0 atom stereocenters. The zero-order valence-electron chi connectivity index (χ0n) is 13.2. The van der Waals surface area contributed by atoms with Crippen LogP contribution in [-0.2, 0) is 6.54 Å². The van der Waals surface area contributed by atoms with Crippen molar-refractivity contribution in [1.82, 2.24) is 19.8 Å². The van der Waals surface area contributed by atoms with Crippen LogP contribution in [0.25, 0.3) is 11.0 Å². The van der Waals surface area contributed by atoms with E-state index in [1.165, 1.54) is 0 Å². The highest BCUT2D eigenvalue weighted by atomic mass is 16.1. The third-order valence-electron chi connectivity index (χ3n) is 4.02. The number of aromatic nitrogens is 2. The van der Waals surface area contributed by atoms with E-state index >= 15 is 0 Å². The van der Waals surface area contributed by atoms with Crippen molar-refractivity contribution in [3.05, 3.63) is 34.6 Å². The first-order valence-corrected chi connectivity index (χ1v) is 7.77. The number of piperazine rings is 1. The number of hydrogen-bond acceptors (Lipinski definition) is 5. The lowest BCUT2D eigenvalue weighted by atomic mass is 10.2. The summed E-state index contributed by atoms with van der Waals surface area (Å²) < 4.78 is 1.86.